The van der Waals surface area contributed by atoms with Gasteiger partial charge in [0, 0.05) is 24.8 Å². The molecule has 1 aromatic rings. The molecular formula is C13H12F3NOS. The van der Waals surface area contributed by atoms with Crippen LogP contribution >= 0.6 is 11.8 Å². The normalized spacial score (nSPS) is 10.7. The fourth-order valence-electron chi connectivity index (χ4n) is 1.34. The Morgan fingerprint density at radius 2 is 2.11 bits per heavy atom. The number of nitrogen functional groups attached to an aromatic ring is 1. The SMILES string of the molecule is CC(=O)SCCC#Cc1c(N)cccc1C(F)(F)F. The van der Waals surface area contributed by atoms with Crippen LogP contribution in [0.15, 0.2) is 18.2 Å². The molecule has 0 aromatic heterocycles. The summed E-state index contributed by atoms with van der Waals surface area (Å²) in [5.41, 5.74) is 4.48. The molecule has 1 rings (SSSR count). The van der Waals surface area contributed by atoms with Crippen molar-refractivity contribution >= 4 is 22.6 Å². The molecule has 0 aliphatic rings. The van der Waals surface area contributed by atoms with Gasteiger partial charge in [-0.2, -0.15) is 13.2 Å². The quantitative estimate of drug-likeness (QED) is 0.515. The Bertz CT molecular complexity index is 529. The zero-order chi connectivity index (χ0) is 14.5. The monoisotopic (exact) mass is 287 g/mol. The smallest absolute Gasteiger partial charge is 0.398 e. The number of rotatable bonds is 2. The van der Waals surface area contributed by atoms with E-state index in [0.717, 1.165) is 17.8 Å². The van der Waals surface area contributed by atoms with E-state index in [1.165, 1.54) is 19.1 Å². The molecule has 0 amide bonds. The lowest BCUT2D eigenvalue weighted by atomic mass is 10.1. The van der Waals surface area contributed by atoms with Gasteiger partial charge in [-0.05, 0) is 12.1 Å². The molecule has 0 atom stereocenters. The third-order valence-electron chi connectivity index (χ3n) is 2.15. The number of thioether (sulfide) groups is 1. The number of alkyl halides is 3. The summed E-state index contributed by atoms with van der Waals surface area (Å²) < 4.78 is 38.2. The molecule has 0 spiro atoms. The van der Waals surface area contributed by atoms with E-state index < -0.39 is 11.7 Å². The number of hydrogen-bond donors (Lipinski definition) is 1. The molecule has 0 bridgehead atoms. The highest BCUT2D eigenvalue weighted by Gasteiger charge is 2.33. The second kappa shape index (κ2) is 6.53. The van der Waals surface area contributed by atoms with Crippen molar-refractivity contribution in [3.8, 4) is 11.8 Å². The first kappa shape index (κ1) is 15.4. The van der Waals surface area contributed by atoms with Gasteiger partial charge in [0.2, 0.25) is 0 Å². The molecule has 0 aliphatic carbocycles. The average molecular weight is 287 g/mol. The average Bonchev–Trinajstić information content (AvgIpc) is 2.28. The molecule has 19 heavy (non-hydrogen) atoms. The van der Waals surface area contributed by atoms with Crippen LogP contribution in [0.4, 0.5) is 18.9 Å². The first-order valence-corrected chi connectivity index (χ1v) is 6.39. The highest BCUT2D eigenvalue weighted by molar-refractivity contribution is 8.13. The summed E-state index contributed by atoms with van der Waals surface area (Å²) in [6, 6.07) is 3.57. The minimum atomic E-state index is -4.48. The van der Waals surface area contributed by atoms with Gasteiger partial charge in [-0.25, -0.2) is 0 Å². The molecule has 0 saturated carbocycles. The van der Waals surface area contributed by atoms with E-state index in [-0.39, 0.29) is 16.4 Å². The van der Waals surface area contributed by atoms with Gasteiger partial charge in [0.05, 0.1) is 11.1 Å². The summed E-state index contributed by atoms with van der Waals surface area (Å²) >= 11 is 1.09. The van der Waals surface area contributed by atoms with Gasteiger partial charge in [0.15, 0.2) is 5.12 Å². The molecule has 0 unspecified atom stereocenters. The van der Waals surface area contributed by atoms with Crippen LogP contribution in [0.25, 0.3) is 0 Å². The van der Waals surface area contributed by atoms with Crippen LogP contribution in [0.3, 0.4) is 0 Å². The topological polar surface area (TPSA) is 43.1 Å². The van der Waals surface area contributed by atoms with Gasteiger partial charge < -0.3 is 5.73 Å². The van der Waals surface area contributed by atoms with E-state index in [4.69, 9.17) is 5.73 Å². The highest BCUT2D eigenvalue weighted by atomic mass is 32.2. The molecule has 0 aliphatic heterocycles. The maximum absolute atomic E-state index is 12.7. The molecule has 2 N–H and O–H groups in total. The van der Waals surface area contributed by atoms with E-state index in [1.54, 1.807) is 0 Å². The van der Waals surface area contributed by atoms with Crippen LogP contribution < -0.4 is 5.73 Å². The number of halogens is 3. The number of anilines is 1. The van der Waals surface area contributed by atoms with Gasteiger partial charge in [-0.1, -0.05) is 29.7 Å². The number of hydrogen-bond acceptors (Lipinski definition) is 3. The Balaban J connectivity index is 2.89. The zero-order valence-electron chi connectivity index (χ0n) is 10.2. The second-order valence-electron chi connectivity index (χ2n) is 3.66. The van der Waals surface area contributed by atoms with Crippen molar-refractivity contribution in [2.24, 2.45) is 0 Å². The molecule has 0 heterocycles. The fraction of sp³-hybridized carbons (Fsp3) is 0.308. The van der Waals surface area contributed by atoms with Crippen molar-refractivity contribution in [3.63, 3.8) is 0 Å². The third-order valence-corrected chi connectivity index (χ3v) is 2.96. The van der Waals surface area contributed by atoms with Crippen molar-refractivity contribution in [3.05, 3.63) is 29.3 Å². The Labute approximate surface area is 113 Å². The summed E-state index contributed by atoms with van der Waals surface area (Å²) in [5.74, 6) is 5.50. The van der Waals surface area contributed by atoms with Gasteiger partial charge in [-0.15, -0.1) is 0 Å². The summed E-state index contributed by atoms with van der Waals surface area (Å²) in [6.45, 7) is 1.43. The number of nitrogens with two attached hydrogens (primary N) is 1. The Morgan fingerprint density at radius 1 is 1.42 bits per heavy atom. The minimum absolute atomic E-state index is 0.00143. The highest BCUT2D eigenvalue weighted by Crippen LogP contribution is 2.33. The Hall–Kier alpha value is -1.61. The van der Waals surface area contributed by atoms with Crippen LogP contribution in [0.2, 0.25) is 0 Å². The standard InChI is InChI=1S/C13H12F3NOS/c1-9(18)19-8-3-2-5-10-11(13(14,15)16)6-4-7-12(10)17/h4,6-7H,3,8,17H2,1H3. The van der Waals surface area contributed by atoms with Crippen LogP contribution in [0, 0.1) is 11.8 Å². The van der Waals surface area contributed by atoms with Crippen molar-refractivity contribution in [2.75, 3.05) is 11.5 Å². The number of carbonyl (C=O) groups excluding carboxylic acids is 1. The van der Waals surface area contributed by atoms with Crippen LogP contribution in [0.5, 0.6) is 0 Å². The molecule has 0 fully saturated rings. The van der Waals surface area contributed by atoms with Crippen molar-refractivity contribution < 1.29 is 18.0 Å². The maximum atomic E-state index is 12.7. The van der Waals surface area contributed by atoms with E-state index in [2.05, 4.69) is 11.8 Å². The van der Waals surface area contributed by atoms with Crippen LogP contribution in [-0.4, -0.2) is 10.9 Å². The van der Waals surface area contributed by atoms with Gasteiger partial charge in [0.1, 0.15) is 0 Å². The van der Waals surface area contributed by atoms with Crippen LogP contribution in [0.1, 0.15) is 24.5 Å². The van der Waals surface area contributed by atoms with E-state index in [0.29, 0.717) is 12.2 Å². The molecule has 0 radical (unpaired) electrons. The second-order valence-corrected chi connectivity index (χ2v) is 4.93. The Morgan fingerprint density at radius 3 is 2.68 bits per heavy atom. The van der Waals surface area contributed by atoms with E-state index in [1.807, 2.05) is 0 Å². The predicted molar refractivity (Wildman–Crippen MR) is 70.5 cm³/mol. The van der Waals surface area contributed by atoms with E-state index >= 15 is 0 Å². The van der Waals surface area contributed by atoms with Crippen molar-refractivity contribution in [1.29, 1.82) is 0 Å². The third kappa shape index (κ3) is 4.87. The number of carbonyl (C=O) groups is 1. The lowest BCUT2D eigenvalue weighted by molar-refractivity contribution is -0.137. The summed E-state index contributed by atoms with van der Waals surface area (Å²) in [4.78, 5) is 10.7. The Kier molecular flexibility index (Phi) is 5.31. The largest absolute Gasteiger partial charge is 0.417 e. The zero-order valence-corrected chi connectivity index (χ0v) is 11.0. The molecule has 2 nitrogen and oxygen atoms in total. The minimum Gasteiger partial charge on any atom is -0.398 e. The van der Waals surface area contributed by atoms with Crippen LogP contribution in [-0.2, 0) is 11.0 Å². The summed E-state index contributed by atoms with van der Waals surface area (Å²) in [6.07, 6.45) is -4.15. The number of benzene rings is 1. The predicted octanol–water partition coefficient (Wildman–Crippen LogP) is 3.31. The molecule has 102 valence electrons. The maximum Gasteiger partial charge on any atom is 0.417 e. The van der Waals surface area contributed by atoms with Crippen molar-refractivity contribution in [1.82, 2.24) is 0 Å². The van der Waals surface area contributed by atoms with Gasteiger partial charge in [0.25, 0.3) is 0 Å². The summed E-state index contributed by atoms with van der Waals surface area (Å²) in [5, 5.41) is -0.0444. The molecule has 6 heteroatoms. The van der Waals surface area contributed by atoms with Gasteiger partial charge >= 0.3 is 6.18 Å². The lowest BCUT2D eigenvalue weighted by Crippen LogP contribution is -2.09. The fourth-order valence-corrected chi connectivity index (χ4v) is 1.83. The molecule has 0 saturated heterocycles. The first-order chi connectivity index (χ1) is 8.82. The first-order valence-electron chi connectivity index (χ1n) is 5.40. The lowest BCUT2D eigenvalue weighted by Gasteiger charge is -2.10. The molecule has 1 aromatic carbocycles. The van der Waals surface area contributed by atoms with Crippen molar-refractivity contribution in [2.45, 2.75) is 19.5 Å². The van der Waals surface area contributed by atoms with Gasteiger partial charge in [-0.3, -0.25) is 4.79 Å². The summed E-state index contributed by atoms with van der Waals surface area (Å²) in [7, 11) is 0. The molecular weight excluding hydrogens is 275 g/mol. The van der Waals surface area contributed by atoms with E-state index in [9.17, 15) is 18.0 Å².